The summed E-state index contributed by atoms with van der Waals surface area (Å²) in [5.41, 5.74) is 1.85. The van der Waals surface area contributed by atoms with E-state index in [9.17, 15) is 10.1 Å². The standard InChI is InChI=1S/C14H11BrClNO3/c1-9-2-4-11(16)6-14(9)20-8-10-3-5-12(17(18)19)7-13(10)15/h2-7H,8H2,1H3. The third-order valence-electron chi connectivity index (χ3n) is 2.78. The SMILES string of the molecule is Cc1ccc(Cl)cc1OCc1ccc([N+](=O)[O-])cc1Br. The number of benzene rings is 2. The molecule has 0 radical (unpaired) electrons. The summed E-state index contributed by atoms with van der Waals surface area (Å²) < 4.78 is 6.35. The minimum Gasteiger partial charge on any atom is -0.489 e. The van der Waals surface area contributed by atoms with Crippen molar-refractivity contribution < 1.29 is 9.66 Å². The third-order valence-corrected chi connectivity index (χ3v) is 3.75. The maximum atomic E-state index is 10.7. The minimum atomic E-state index is -0.434. The van der Waals surface area contributed by atoms with Crippen molar-refractivity contribution in [3.05, 3.63) is 67.1 Å². The van der Waals surface area contributed by atoms with E-state index in [1.165, 1.54) is 12.1 Å². The predicted octanol–water partition coefficient (Wildman–Crippen LogP) is 4.90. The minimum absolute atomic E-state index is 0.0413. The van der Waals surface area contributed by atoms with Crippen LogP contribution in [0.15, 0.2) is 40.9 Å². The topological polar surface area (TPSA) is 52.4 Å². The van der Waals surface area contributed by atoms with Gasteiger partial charge in [-0.1, -0.05) is 33.6 Å². The lowest BCUT2D eigenvalue weighted by molar-refractivity contribution is -0.384. The van der Waals surface area contributed by atoms with E-state index >= 15 is 0 Å². The van der Waals surface area contributed by atoms with Gasteiger partial charge in [-0.2, -0.15) is 0 Å². The van der Waals surface area contributed by atoms with Crippen LogP contribution in [0.4, 0.5) is 5.69 Å². The van der Waals surface area contributed by atoms with Crippen molar-refractivity contribution in [1.82, 2.24) is 0 Å². The van der Waals surface area contributed by atoms with E-state index in [1.54, 1.807) is 18.2 Å². The van der Waals surface area contributed by atoms with E-state index in [1.807, 2.05) is 13.0 Å². The number of aryl methyl sites for hydroxylation is 1. The molecule has 2 aromatic rings. The van der Waals surface area contributed by atoms with Crippen LogP contribution >= 0.6 is 27.5 Å². The summed E-state index contributed by atoms with van der Waals surface area (Å²) in [6, 6.07) is 10.0. The fraction of sp³-hybridized carbons (Fsp3) is 0.143. The highest BCUT2D eigenvalue weighted by Crippen LogP contribution is 2.27. The van der Waals surface area contributed by atoms with Crippen LogP contribution in [0, 0.1) is 17.0 Å². The number of nitro groups is 1. The molecule has 0 aliphatic rings. The first kappa shape index (κ1) is 14.8. The number of rotatable bonds is 4. The maximum absolute atomic E-state index is 10.7. The van der Waals surface area contributed by atoms with E-state index < -0.39 is 4.92 Å². The quantitative estimate of drug-likeness (QED) is 0.578. The Hall–Kier alpha value is -1.59. The van der Waals surface area contributed by atoms with E-state index in [4.69, 9.17) is 16.3 Å². The van der Waals surface area contributed by atoms with Crippen LogP contribution < -0.4 is 4.74 Å². The molecule has 104 valence electrons. The van der Waals surface area contributed by atoms with Crippen molar-refractivity contribution in [1.29, 1.82) is 0 Å². The largest absolute Gasteiger partial charge is 0.489 e. The summed E-state index contributed by atoms with van der Waals surface area (Å²) in [7, 11) is 0. The zero-order valence-corrected chi connectivity index (χ0v) is 12.9. The van der Waals surface area contributed by atoms with Crippen LogP contribution in [0.25, 0.3) is 0 Å². The molecule has 0 fully saturated rings. The Bertz CT molecular complexity index is 661. The fourth-order valence-electron chi connectivity index (χ4n) is 1.65. The van der Waals surface area contributed by atoms with E-state index in [0.29, 0.717) is 21.9 Å². The number of hydrogen-bond acceptors (Lipinski definition) is 3. The number of hydrogen-bond donors (Lipinski definition) is 0. The second-order valence-corrected chi connectivity index (χ2v) is 5.52. The van der Waals surface area contributed by atoms with Gasteiger partial charge in [0.25, 0.3) is 5.69 Å². The van der Waals surface area contributed by atoms with E-state index in [2.05, 4.69) is 15.9 Å². The molecular weight excluding hydrogens is 346 g/mol. The van der Waals surface area contributed by atoms with Crippen LogP contribution in [-0.4, -0.2) is 4.92 Å². The Kier molecular flexibility index (Phi) is 4.62. The lowest BCUT2D eigenvalue weighted by atomic mass is 10.2. The molecule has 2 aromatic carbocycles. The summed E-state index contributed by atoms with van der Waals surface area (Å²) in [5, 5.41) is 11.3. The average molecular weight is 357 g/mol. The van der Waals surface area contributed by atoms with Gasteiger partial charge in [-0.05, 0) is 30.7 Å². The van der Waals surface area contributed by atoms with Crippen molar-refractivity contribution in [2.75, 3.05) is 0 Å². The summed E-state index contributed by atoms with van der Waals surface area (Å²) in [4.78, 5) is 10.2. The molecule has 0 aliphatic heterocycles. The first-order valence-electron chi connectivity index (χ1n) is 5.79. The maximum Gasteiger partial charge on any atom is 0.270 e. The van der Waals surface area contributed by atoms with Crippen LogP contribution in [0.1, 0.15) is 11.1 Å². The fourth-order valence-corrected chi connectivity index (χ4v) is 2.30. The van der Waals surface area contributed by atoms with Crippen LogP contribution in [0.3, 0.4) is 0 Å². The average Bonchev–Trinajstić information content (AvgIpc) is 2.40. The second kappa shape index (κ2) is 6.24. The number of halogens is 2. The normalized spacial score (nSPS) is 10.3. The molecule has 4 nitrogen and oxygen atoms in total. The van der Waals surface area contributed by atoms with E-state index in [0.717, 1.165) is 11.1 Å². The van der Waals surface area contributed by atoms with Crippen LogP contribution in [-0.2, 0) is 6.61 Å². The van der Waals surface area contributed by atoms with Crippen molar-refractivity contribution in [3.8, 4) is 5.75 Å². The summed E-state index contributed by atoms with van der Waals surface area (Å²) in [6.07, 6.45) is 0. The molecular formula is C14H11BrClNO3. The van der Waals surface area contributed by atoms with Gasteiger partial charge in [0.15, 0.2) is 0 Å². The van der Waals surface area contributed by atoms with Crippen molar-refractivity contribution >= 4 is 33.2 Å². The molecule has 0 saturated heterocycles. The molecule has 2 rings (SSSR count). The second-order valence-electron chi connectivity index (χ2n) is 4.23. The molecule has 0 saturated carbocycles. The van der Waals surface area contributed by atoms with Gasteiger partial charge in [-0.25, -0.2) is 0 Å². The molecule has 0 unspecified atom stereocenters. The van der Waals surface area contributed by atoms with Gasteiger partial charge in [0.1, 0.15) is 12.4 Å². The van der Waals surface area contributed by atoms with Crippen LogP contribution in [0.5, 0.6) is 5.75 Å². The monoisotopic (exact) mass is 355 g/mol. The predicted molar refractivity (Wildman–Crippen MR) is 81.3 cm³/mol. The van der Waals surface area contributed by atoms with Gasteiger partial charge in [0, 0.05) is 27.2 Å². The number of nitrogens with zero attached hydrogens (tertiary/aromatic N) is 1. The Morgan fingerprint density at radius 2 is 2.05 bits per heavy atom. The molecule has 0 bridgehead atoms. The summed E-state index contributed by atoms with van der Waals surface area (Å²) in [6.45, 7) is 2.23. The first-order chi connectivity index (χ1) is 9.47. The lowest BCUT2D eigenvalue weighted by Crippen LogP contribution is -1.99. The molecule has 0 heterocycles. The lowest BCUT2D eigenvalue weighted by Gasteiger charge is -2.10. The Labute approximate surface area is 129 Å². The molecule has 6 heteroatoms. The number of ether oxygens (including phenoxy) is 1. The van der Waals surface area contributed by atoms with Gasteiger partial charge in [-0.15, -0.1) is 0 Å². The number of non-ortho nitro benzene ring substituents is 1. The van der Waals surface area contributed by atoms with Gasteiger partial charge >= 0.3 is 0 Å². The van der Waals surface area contributed by atoms with Gasteiger partial charge in [0.2, 0.25) is 0 Å². The van der Waals surface area contributed by atoms with Crippen LogP contribution in [0.2, 0.25) is 5.02 Å². The number of nitro benzene ring substituents is 1. The van der Waals surface area contributed by atoms with Gasteiger partial charge < -0.3 is 4.74 Å². The molecule has 0 N–H and O–H groups in total. The molecule has 0 aromatic heterocycles. The summed E-state index contributed by atoms with van der Waals surface area (Å²) >= 11 is 9.23. The van der Waals surface area contributed by atoms with Crippen molar-refractivity contribution in [2.24, 2.45) is 0 Å². The molecule has 0 spiro atoms. The smallest absolute Gasteiger partial charge is 0.270 e. The Morgan fingerprint density at radius 3 is 2.70 bits per heavy atom. The van der Waals surface area contributed by atoms with Crippen molar-refractivity contribution in [2.45, 2.75) is 13.5 Å². The zero-order valence-electron chi connectivity index (χ0n) is 10.6. The highest BCUT2D eigenvalue weighted by Gasteiger charge is 2.10. The third kappa shape index (κ3) is 3.49. The Balaban J connectivity index is 2.15. The molecule has 0 amide bonds. The summed E-state index contributed by atoms with van der Waals surface area (Å²) in [5.74, 6) is 0.697. The van der Waals surface area contributed by atoms with Crippen molar-refractivity contribution in [3.63, 3.8) is 0 Å². The van der Waals surface area contributed by atoms with Gasteiger partial charge in [0.05, 0.1) is 4.92 Å². The zero-order chi connectivity index (χ0) is 14.7. The Morgan fingerprint density at radius 1 is 1.30 bits per heavy atom. The van der Waals surface area contributed by atoms with E-state index in [-0.39, 0.29) is 5.69 Å². The highest BCUT2D eigenvalue weighted by atomic mass is 79.9. The van der Waals surface area contributed by atoms with Gasteiger partial charge in [-0.3, -0.25) is 10.1 Å². The first-order valence-corrected chi connectivity index (χ1v) is 6.96. The molecule has 20 heavy (non-hydrogen) atoms. The highest BCUT2D eigenvalue weighted by molar-refractivity contribution is 9.10. The molecule has 0 aliphatic carbocycles. The molecule has 0 atom stereocenters.